The number of aliphatic hydroxyl groups excluding tert-OH is 1. The van der Waals surface area contributed by atoms with E-state index in [1.807, 2.05) is 0 Å². The second kappa shape index (κ2) is 6.58. The van der Waals surface area contributed by atoms with Gasteiger partial charge in [-0.25, -0.2) is 0 Å². The van der Waals surface area contributed by atoms with Crippen LogP contribution in [0.2, 0.25) is 0 Å². The number of benzene rings is 1. The van der Waals surface area contributed by atoms with Gasteiger partial charge < -0.3 is 25.5 Å². The molecule has 0 saturated carbocycles. The molecule has 1 unspecified atom stereocenters. The number of carbonyl (C=O) groups excluding carboxylic acids is 1. The molecule has 0 aliphatic carbocycles. The van der Waals surface area contributed by atoms with E-state index in [9.17, 15) is 15.0 Å². The fourth-order valence-corrected chi connectivity index (χ4v) is 2.41. The van der Waals surface area contributed by atoms with E-state index in [-0.39, 0.29) is 36.6 Å². The van der Waals surface area contributed by atoms with Crippen LogP contribution in [0.4, 0.5) is 0 Å². The Morgan fingerprint density at radius 2 is 2.15 bits per heavy atom. The van der Waals surface area contributed by atoms with Crippen LogP contribution in [0.25, 0.3) is 0 Å². The van der Waals surface area contributed by atoms with Gasteiger partial charge in [0, 0.05) is 24.7 Å². The van der Waals surface area contributed by atoms with Gasteiger partial charge in [0.05, 0.1) is 6.61 Å². The summed E-state index contributed by atoms with van der Waals surface area (Å²) in [5.74, 6) is -0.838. The standard InChI is InChI=1S/C14H20N2O4/c17-7-6-16(9-11-2-1-5-15-11)14(20)10-3-4-12(18)13(19)8-10/h3-4,8,11,15,17-19H,1-2,5-7,9H2. The van der Waals surface area contributed by atoms with Crippen LogP contribution in [0.15, 0.2) is 18.2 Å². The molecule has 1 atom stereocenters. The highest BCUT2D eigenvalue weighted by Crippen LogP contribution is 2.25. The third kappa shape index (κ3) is 3.40. The molecular formula is C14H20N2O4. The molecule has 1 aliphatic rings. The first-order chi connectivity index (χ1) is 9.61. The molecule has 20 heavy (non-hydrogen) atoms. The predicted molar refractivity (Wildman–Crippen MR) is 73.8 cm³/mol. The maximum atomic E-state index is 12.4. The molecule has 1 aromatic rings. The van der Waals surface area contributed by atoms with Crippen molar-refractivity contribution >= 4 is 5.91 Å². The summed E-state index contributed by atoms with van der Waals surface area (Å²) in [5, 5.41) is 31.1. The SMILES string of the molecule is O=C(c1ccc(O)c(O)c1)N(CCO)CC1CCCN1. The van der Waals surface area contributed by atoms with Crippen LogP contribution in [0.1, 0.15) is 23.2 Å². The highest BCUT2D eigenvalue weighted by molar-refractivity contribution is 5.95. The lowest BCUT2D eigenvalue weighted by Gasteiger charge is -2.25. The number of nitrogens with one attached hydrogen (secondary N) is 1. The van der Waals surface area contributed by atoms with Gasteiger partial charge in [-0.2, -0.15) is 0 Å². The number of aromatic hydroxyl groups is 2. The lowest BCUT2D eigenvalue weighted by molar-refractivity contribution is 0.0706. The summed E-state index contributed by atoms with van der Waals surface area (Å²) < 4.78 is 0. The molecule has 0 aromatic heterocycles. The third-order valence-electron chi connectivity index (χ3n) is 3.48. The molecule has 110 valence electrons. The van der Waals surface area contributed by atoms with Crippen LogP contribution < -0.4 is 5.32 Å². The zero-order valence-corrected chi connectivity index (χ0v) is 11.2. The first kappa shape index (κ1) is 14.6. The average Bonchev–Trinajstić information content (AvgIpc) is 2.93. The highest BCUT2D eigenvalue weighted by atomic mass is 16.3. The van der Waals surface area contributed by atoms with Gasteiger partial charge in [-0.05, 0) is 37.6 Å². The minimum atomic E-state index is -0.321. The van der Waals surface area contributed by atoms with Crippen LogP contribution in [0.3, 0.4) is 0 Å². The van der Waals surface area contributed by atoms with Gasteiger partial charge in [0.15, 0.2) is 11.5 Å². The lowest BCUT2D eigenvalue weighted by atomic mass is 10.1. The van der Waals surface area contributed by atoms with Crippen LogP contribution in [-0.2, 0) is 0 Å². The third-order valence-corrected chi connectivity index (χ3v) is 3.48. The Morgan fingerprint density at radius 1 is 1.35 bits per heavy atom. The summed E-state index contributed by atoms with van der Waals surface area (Å²) in [5.41, 5.74) is 0.298. The summed E-state index contributed by atoms with van der Waals surface area (Å²) in [4.78, 5) is 13.9. The van der Waals surface area contributed by atoms with E-state index < -0.39 is 0 Å². The average molecular weight is 280 g/mol. The van der Waals surface area contributed by atoms with Crippen LogP contribution in [0.5, 0.6) is 11.5 Å². The van der Waals surface area contributed by atoms with Gasteiger partial charge in [0.2, 0.25) is 0 Å². The van der Waals surface area contributed by atoms with Crippen LogP contribution in [-0.4, -0.2) is 58.4 Å². The number of nitrogens with zero attached hydrogens (tertiary/aromatic N) is 1. The van der Waals surface area contributed by atoms with Gasteiger partial charge >= 0.3 is 0 Å². The topological polar surface area (TPSA) is 93.0 Å². The summed E-state index contributed by atoms with van der Waals surface area (Å²) in [6.07, 6.45) is 2.10. The number of phenols is 2. The fraction of sp³-hybridized carbons (Fsp3) is 0.500. The van der Waals surface area contributed by atoms with Crippen molar-refractivity contribution in [3.63, 3.8) is 0 Å². The zero-order valence-electron chi connectivity index (χ0n) is 11.2. The van der Waals surface area contributed by atoms with E-state index >= 15 is 0 Å². The normalized spacial score (nSPS) is 18.1. The number of hydrogen-bond donors (Lipinski definition) is 4. The van der Waals surface area contributed by atoms with Gasteiger partial charge in [0.1, 0.15) is 0 Å². The van der Waals surface area contributed by atoms with Gasteiger partial charge in [0.25, 0.3) is 5.91 Å². The van der Waals surface area contributed by atoms with Crippen molar-refractivity contribution in [2.75, 3.05) is 26.2 Å². The maximum Gasteiger partial charge on any atom is 0.254 e. The second-order valence-electron chi connectivity index (χ2n) is 4.97. The van der Waals surface area contributed by atoms with E-state index in [2.05, 4.69) is 5.32 Å². The second-order valence-corrected chi connectivity index (χ2v) is 4.97. The van der Waals surface area contributed by atoms with Gasteiger partial charge in [-0.3, -0.25) is 4.79 Å². The number of aliphatic hydroxyl groups is 1. The zero-order chi connectivity index (χ0) is 14.5. The Bertz CT molecular complexity index is 472. The molecule has 1 aromatic carbocycles. The quantitative estimate of drug-likeness (QED) is 0.582. The first-order valence-corrected chi connectivity index (χ1v) is 6.77. The molecule has 1 amide bonds. The molecular weight excluding hydrogens is 260 g/mol. The summed E-state index contributed by atoms with van der Waals surface area (Å²) in [6, 6.07) is 4.23. The monoisotopic (exact) mass is 280 g/mol. The van der Waals surface area contributed by atoms with Crippen molar-refractivity contribution in [3.05, 3.63) is 23.8 Å². The fourth-order valence-electron chi connectivity index (χ4n) is 2.41. The van der Waals surface area contributed by atoms with Crippen molar-refractivity contribution in [2.24, 2.45) is 0 Å². The number of carbonyl (C=O) groups is 1. The number of rotatable bonds is 5. The van der Waals surface area contributed by atoms with Crippen molar-refractivity contribution in [1.82, 2.24) is 10.2 Å². The molecule has 2 rings (SSSR count). The summed E-state index contributed by atoms with van der Waals surface area (Å²) in [7, 11) is 0. The smallest absolute Gasteiger partial charge is 0.254 e. The Hall–Kier alpha value is -1.79. The Morgan fingerprint density at radius 3 is 2.75 bits per heavy atom. The minimum absolute atomic E-state index is 0.109. The van der Waals surface area contributed by atoms with Crippen LogP contribution >= 0.6 is 0 Å². The maximum absolute atomic E-state index is 12.4. The lowest BCUT2D eigenvalue weighted by Crippen LogP contribution is -2.42. The van der Waals surface area contributed by atoms with Crippen molar-refractivity contribution < 1.29 is 20.1 Å². The summed E-state index contributed by atoms with van der Waals surface area (Å²) in [6.45, 7) is 1.62. The molecule has 0 bridgehead atoms. The molecule has 0 spiro atoms. The highest BCUT2D eigenvalue weighted by Gasteiger charge is 2.22. The Balaban J connectivity index is 2.10. The van der Waals surface area contributed by atoms with Crippen molar-refractivity contribution in [2.45, 2.75) is 18.9 Å². The molecule has 0 radical (unpaired) electrons. The van der Waals surface area contributed by atoms with E-state index in [4.69, 9.17) is 5.11 Å². The Labute approximate surface area is 117 Å². The largest absolute Gasteiger partial charge is 0.504 e. The molecule has 6 nitrogen and oxygen atoms in total. The number of amides is 1. The van der Waals surface area contributed by atoms with Crippen molar-refractivity contribution in [3.8, 4) is 11.5 Å². The van der Waals surface area contributed by atoms with Gasteiger partial charge in [-0.1, -0.05) is 0 Å². The molecule has 4 N–H and O–H groups in total. The molecule has 6 heteroatoms. The minimum Gasteiger partial charge on any atom is -0.504 e. The van der Waals surface area contributed by atoms with E-state index in [0.717, 1.165) is 19.4 Å². The number of hydrogen-bond acceptors (Lipinski definition) is 5. The predicted octanol–water partition coefficient (Wildman–Crippen LogP) is 0.284. The summed E-state index contributed by atoms with van der Waals surface area (Å²) >= 11 is 0. The van der Waals surface area contributed by atoms with E-state index in [1.54, 1.807) is 4.90 Å². The van der Waals surface area contributed by atoms with E-state index in [1.165, 1.54) is 18.2 Å². The van der Waals surface area contributed by atoms with Gasteiger partial charge in [-0.15, -0.1) is 0 Å². The number of phenolic OH excluding ortho intramolecular Hbond substituents is 2. The van der Waals surface area contributed by atoms with Crippen molar-refractivity contribution in [1.29, 1.82) is 0 Å². The molecule has 1 fully saturated rings. The molecule has 1 aliphatic heterocycles. The Kier molecular flexibility index (Phi) is 4.81. The van der Waals surface area contributed by atoms with Crippen LogP contribution in [0, 0.1) is 0 Å². The molecule has 1 heterocycles. The molecule has 1 saturated heterocycles. The van der Waals surface area contributed by atoms with E-state index in [0.29, 0.717) is 12.1 Å². The first-order valence-electron chi connectivity index (χ1n) is 6.77.